The van der Waals surface area contributed by atoms with E-state index in [1.54, 1.807) is 4.90 Å². The lowest BCUT2D eigenvalue weighted by molar-refractivity contribution is -0.137. The van der Waals surface area contributed by atoms with Crippen LogP contribution in [-0.4, -0.2) is 40.3 Å². The van der Waals surface area contributed by atoms with E-state index < -0.39 is 5.97 Å². The second kappa shape index (κ2) is 14.6. The van der Waals surface area contributed by atoms with E-state index in [2.05, 4.69) is 13.1 Å². The maximum Gasteiger partial charge on any atom is 0.303 e. The van der Waals surface area contributed by atoms with Gasteiger partial charge in [0, 0.05) is 19.5 Å². The van der Waals surface area contributed by atoms with Gasteiger partial charge in [-0.05, 0) is 32.1 Å². The van der Waals surface area contributed by atoms with Crippen molar-refractivity contribution in [1.29, 1.82) is 5.26 Å². The van der Waals surface area contributed by atoms with E-state index in [4.69, 9.17) is 10.4 Å². The third-order valence-electron chi connectivity index (χ3n) is 3.82. The first-order chi connectivity index (χ1) is 10.6. The van der Waals surface area contributed by atoms with Gasteiger partial charge in [0.05, 0.1) is 6.10 Å². The molecule has 0 amide bonds. The van der Waals surface area contributed by atoms with Crippen LogP contribution in [0.25, 0.3) is 0 Å². The minimum atomic E-state index is -0.740. The number of carboxylic acid groups (broad SMARTS) is 1. The standard InChI is InChI=1S/C17H32N2O3/c1-2-3-6-10-16(20)11-9-14-19(15-18)13-8-5-4-7-12-17(21)22/h16,20H,2-14H2,1H3,(H,21,22). The van der Waals surface area contributed by atoms with Crippen LogP contribution in [0.4, 0.5) is 0 Å². The molecule has 0 saturated carbocycles. The van der Waals surface area contributed by atoms with E-state index in [1.165, 1.54) is 12.8 Å². The summed E-state index contributed by atoms with van der Waals surface area (Å²) in [5, 5.41) is 27.4. The quantitative estimate of drug-likeness (QED) is 0.274. The monoisotopic (exact) mass is 312 g/mol. The summed E-state index contributed by atoms with van der Waals surface area (Å²) in [4.78, 5) is 12.1. The number of rotatable bonds is 15. The molecular formula is C17H32N2O3. The molecule has 5 nitrogen and oxygen atoms in total. The van der Waals surface area contributed by atoms with Gasteiger partial charge in [0.2, 0.25) is 0 Å². The summed E-state index contributed by atoms with van der Waals surface area (Å²) in [6.07, 6.45) is 11.6. The SMILES string of the molecule is CCCCCC(O)CCCN(C#N)CCCCCCC(=O)O. The van der Waals surface area contributed by atoms with Crippen LogP contribution in [0.15, 0.2) is 0 Å². The molecule has 0 rings (SSSR count). The first-order valence-electron chi connectivity index (χ1n) is 8.64. The molecule has 0 heterocycles. The van der Waals surface area contributed by atoms with Crippen molar-refractivity contribution in [3.63, 3.8) is 0 Å². The second-order valence-electron chi connectivity index (χ2n) is 5.94. The molecule has 0 bridgehead atoms. The number of carbonyl (C=O) groups is 1. The van der Waals surface area contributed by atoms with Crippen molar-refractivity contribution in [2.75, 3.05) is 13.1 Å². The second-order valence-corrected chi connectivity index (χ2v) is 5.94. The average molecular weight is 312 g/mol. The first-order valence-corrected chi connectivity index (χ1v) is 8.64. The molecular weight excluding hydrogens is 280 g/mol. The van der Waals surface area contributed by atoms with Crippen LogP contribution in [0.2, 0.25) is 0 Å². The van der Waals surface area contributed by atoms with Crippen molar-refractivity contribution in [2.45, 2.75) is 83.7 Å². The van der Waals surface area contributed by atoms with Crippen LogP contribution in [0.5, 0.6) is 0 Å². The minimum absolute atomic E-state index is 0.233. The lowest BCUT2D eigenvalue weighted by Gasteiger charge is -2.16. The molecule has 0 spiro atoms. The van der Waals surface area contributed by atoms with E-state index in [9.17, 15) is 9.90 Å². The fourth-order valence-corrected chi connectivity index (χ4v) is 2.44. The number of nitriles is 1. The molecule has 0 aromatic heterocycles. The smallest absolute Gasteiger partial charge is 0.303 e. The molecule has 5 heteroatoms. The molecule has 0 aromatic rings. The number of hydrogen-bond donors (Lipinski definition) is 2. The highest BCUT2D eigenvalue weighted by molar-refractivity contribution is 5.66. The number of nitrogens with zero attached hydrogens (tertiary/aromatic N) is 2. The zero-order valence-electron chi connectivity index (χ0n) is 14.0. The molecule has 0 aliphatic heterocycles. The van der Waals surface area contributed by atoms with E-state index in [0.717, 1.165) is 51.5 Å². The third kappa shape index (κ3) is 13.7. The molecule has 0 radical (unpaired) electrons. The van der Waals surface area contributed by atoms with Gasteiger partial charge in [0.15, 0.2) is 6.19 Å². The van der Waals surface area contributed by atoms with Crippen molar-refractivity contribution in [2.24, 2.45) is 0 Å². The van der Waals surface area contributed by atoms with Crippen molar-refractivity contribution in [1.82, 2.24) is 4.90 Å². The Morgan fingerprint density at radius 3 is 2.32 bits per heavy atom. The Kier molecular flexibility index (Phi) is 13.8. The fraction of sp³-hybridized carbons (Fsp3) is 0.882. The lowest BCUT2D eigenvalue weighted by atomic mass is 10.1. The summed E-state index contributed by atoms with van der Waals surface area (Å²) in [6.45, 7) is 3.59. The highest BCUT2D eigenvalue weighted by Gasteiger charge is 2.06. The average Bonchev–Trinajstić information content (AvgIpc) is 2.48. The number of carboxylic acids is 1. The minimum Gasteiger partial charge on any atom is -0.481 e. The Hall–Kier alpha value is -1.28. The molecule has 1 atom stereocenters. The normalized spacial score (nSPS) is 11.9. The number of aliphatic hydroxyl groups is 1. The fourth-order valence-electron chi connectivity index (χ4n) is 2.44. The predicted octanol–water partition coefficient (Wildman–Crippen LogP) is 3.53. The molecule has 22 heavy (non-hydrogen) atoms. The Morgan fingerprint density at radius 1 is 1.05 bits per heavy atom. The van der Waals surface area contributed by atoms with Crippen LogP contribution in [0.1, 0.15) is 77.6 Å². The van der Waals surface area contributed by atoms with Crippen LogP contribution in [0, 0.1) is 11.5 Å². The largest absolute Gasteiger partial charge is 0.481 e. The number of hydrogen-bond acceptors (Lipinski definition) is 4. The highest BCUT2D eigenvalue weighted by atomic mass is 16.4. The summed E-state index contributed by atoms with van der Waals surface area (Å²) in [7, 11) is 0. The molecule has 0 aliphatic carbocycles. The van der Waals surface area contributed by atoms with Gasteiger partial charge >= 0.3 is 5.97 Å². The van der Waals surface area contributed by atoms with Gasteiger partial charge in [-0.25, -0.2) is 0 Å². The number of unbranched alkanes of at least 4 members (excludes halogenated alkanes) is 5. The van der Waals surface area contributed by atoms with Gasteiger partial charge in [0.25, 0.3) is 0 Å². The predicted molar refractivity (Wildman–Crippen MR) is 87.3 cm³/mol. The number of aliphatic carboxylic acids is 1. The van der Waals surface area contributed by atoms with Crippen LogP contribution < -0.4 is 0 Å². The third-order valence-corrected chi connectivity index (χ3v) is 3.82. The molecule has 0 fully saturated rings. The Labute approximate surface area is 134 Å². The van der Waals surface area contributed by atoms with E-state index in [1.807, 2.05) is 0 Å². The Balaban J connectivity index is 3.54. The molecule has 1 unspecified atom stereocenters. The lowest BCUT2D eigenvalue weighted by Crippen LogP contribution is -2.21. The molecule has 2 N–H and O–H groups in total. The molecule has 0 aliphatic rings. The summed E-state index contributed by atoms with van der Waals surface area (Å²) in [5.74, 6) is -0.740. The molecule has 128 valence electrons. The Bertz CT molecular complexity index is 316. The van der Waals surface area contributed by atoms with Gasteiger partial charge in [0.1, 0.15) is 0 Å². The summed E-state index contributed by atoms with van der Waals surface area (Å²) >= 11 is 0. The van der Waals surface area contributed by atoms with Gasteiger partial charge in [-0.1, -0.05) is 39.0 Å². The van der Waals surface area contributed by atoms with E-state index >= 15 is 0 Å². The van der Waals surface area contributed by atoms with Gasteiger partial charge in [-0.3, -0.25) is 4.79 Å². The van der Waals surface area contributed by atoms with Gasteiger partial charge in [-0.15, -0.1) is 0 Å². The van der Waals surface area contributed by atoms with Gasteiger partial charge in [-0.2, -0.15) is 5.26 Å². The van der Waals surface area contributed by atoms with Crippen molar-refractivity contribution < 1.29 is 15.0 Å². The van der Waals surface area contributed by atoms with Crippen LogP contribution >= 0.6 is 0 Å². The summed E-state index contributed by atoms with van der Waals surface area (Å²) in [6, 6.07) is 0. The summed E-state index contributed by atoms with van der Waals surface area (Å²) in [5.41, 5.74) is 0. The first kappa shape index (κ1) is 20.7. The summed E-state index contributed by atoms with van der Waals surface area (Å²) < 4.78 is 0. The zero-order chi connectivity index (χ0) is 16.6. The van der Waals surface area contributed by atoms with E-state index in [0.29, 0.717) is 13.0 Å². The van der Waals surface area contributed by atoms with Crippen molar-refractivity contribution >= 4 is 5.97 Å². The molecule has 0 saturated heterocycles. The van der Waals surface area contributed by atoms with Crippen molar-refractivity contribution in [3.05, 3.63) is 0 Å². The number of aliphatic hydroxyl groups excluding tert-OH is 1. The topological polar surface area (TPSA) is 84.6 Å². The van der Waals surface area contributed by atoms with Crippen LogP contribution in [-0.2, 0) is 4.79 Å². The highest BCUT2D eigenvalue weighted by Crippen LogP contribution is 2.09. The maximum absolute atomic E-state index is 10.4. The van der Waals surface area contributed by atoms with Crippen LogP contribution in [0.3, 0.4) is 0 Å². The van der Waals surface area contributed by atoms with Gasteiger partial charge < -0.3 is 15.1 Å². The molecule has 0 aromatic carbocycles. The zero-order valence-corrected chi connectivity index (χ0v) is 14.0. The Morgan fingerprint density at radius 2 is 1.68 bits per heavy atom. The van der Waals surface area contributed by atoms with E-state index in [-0.39, 0.29) is 12.5 Å². The van der Waals surface area contributed by atoms with Crippen molar-refractivity contribution in [3.8, 4) is 6.19 Å². The maximum atomic E-state index is 10.4.